The van der Waals surface area contributed by atoms with Gasteiger partial charge in [-0.05, 0) is 51.4 Å². The van der Waals surface area contributed by atoms with Gasteiger partial charge >= 0.3 is 0 Å². The second-order valence-electron chi connectivity index (χ2n) is 21.8. The fraction of sp³-hybridized carbons (Fsp3) is 0.885. The third-order valence-corrected chi connectivity index (χ3v) is 15.1. The summed E-state index contributed by atoms with van der Waals surface area (Å²) >= 11 is 0. The summed E-state index contributed by atoms with van der Waals surface area (Å²) < 4.78 is 22.8. The van der Waals surface area contributed by atoms with E-state index in [-0.39, 0.29) is 12.5 Å². The van der Waals surface area contributed by atoms with Gasteiger partial charge in [0.1, 0.15) is 48.8 Å². The molecule has 440 valence electrons. The molecule has 9 N–H and O–H groups in total. The molecular weight excluding hydrogens is 955 g/mol. The van der Waals surface area contributed by atoms with E-state index in [1.165, 1.54) is 154 Å². The van der Waals surface area contributed by atoms with Crippen LogP contribution in [0.2, 0.25) is 0 Å². The second kappa shape index (κ2) is 47.1. The average Bonchev–Trinajstić information content (AvgIpc) is 3.41. The van der Waals surface area contributed by atoms with Crippen LogP contribution >= 0.6 is 0 Å². The molecule has 12 atom stereocenters. The van der Waals surface area contributed by atoms with Crippen molar-refractivity contribution in [1.82, 2.24) is 5.32 Å². The van der Waals surface area contributed by atoms with Crippen molar-refractivity contribution in [2.45, 2.75) is 325 Å². The maximum Gasteiger partial charge on any atom is 0.220 e. The molecule has 0 bridgehead atoms. The Balaban J connectivity index is 1.75. The third kappa shape index (κ3) is 32.8. The molecule has 12 unspecified atom stereocenters. The molecular formula is C61H113NO13. The molecule has 0 aromatic heterocycles. The topological polar surface area (TPSA) is 228 Å². The lowest BCUT2D eigenvalue weighted by Gasteiger charge is -2.46. The number of hydrogen-bond acceptors (Lipinski definition) is 13. The Morgan fingerprint density at radius 3 is 1.35 bits per heavy atom. The standard InChI is InChI=1S/C61H113NO13/c1-3-5-7-9-11-13-15-17-19-21-23-24-25-26-27-29-31-33-35-37-39-41-43-45-53(66)62-49(50(65)44-42-40-38-36-34-32-30-28-22-20-18-16-14-12-10-8-6-4-2)48-72-60-58(71)56(69)59(52(47-64)74-60)75-61-57(70)55(68)54(67)51(46-63)73-61/h15,17,21,23,25-26,49-52,54-61,63-65,67-71H,3-14,16,18-20,22,24,27-48H2,1-2H3,(H,62,66)/b17-15-,23-21-,26-25-. The Bertz CT molecular complexity index is 1400. The number of unbranched alkanes of at least 4 members (excludes halogenated alkanes) is 30. The summed E-state index contributed by atoms with van der Waals surface area (Å²) in [7, 11) is 0. The normalized spacial score (nSPS) is 25.3. The molecule has 2 rings (SSSR count). The number of ether oxygens (including phenoxy) is 4. The molecule has 0 saturated carbocycles. The van der Waals surface area contributed by atoms with Crippen molar-refractivity contribution in [2.24, 2.45) is 0 Å². The number of aliphatic hydroxyl groups is 8. The summed E-state index contributed by atoms with van der Waals surface area (Å²) in [5.41, 5.74) is 0. The predicted octanol–water partition coefficient (Wildman–Crippen LogP) is 10.6. The van der Waals surface area contributed by atoms with Crippen LogP contribution < -0.4 is 5.32 Å². The third-order valence-electron chi connectivity index (χ3n) is 15.1. The zero-order valence-electron chi connectivity index (χ0n) is 47.3. The van der Waals surface area contributed by atoms with Crippen LogP contribution in [0, 0.1) is 0 Å². The molecule has 2 saturated heterocycles. The van der Waals surface area contributed by atoms with Gasteiger partial charge in [-0.15, -0.1) is 0 Å². The fourth-order valence-electron chi connectivity index (χ4n) is 10.1. The molecule has 14 heteroatoms. The van der Waals surface area contributed by atoms with Gasteiger partial charge in [-0.25, -0.2) is 0 Å². The highest BCUT2D eigenvalue weighted by molar-refractivity contribution is 5.76. The number of rotatable bonds is 49. The molecule has 2 aliphatic rings. The molecule has 2 fully saturated rings. The van der Waals surface area contributed by atoms with Gasteiger partial charge in [-0.3, -0.25) is 4.79 Å². The van der Waals surface area contributed by atoms with Crippen LogP contribution in [0.3, 0.4) is 0 Å². The Labute approximate surface area is 455 Å². The highest BCUT2D eigenvalue weighted by atomic mass is 16.7. The van der Waals surface area contributed by atoms with E-state index >= 15 is 0 Å². The molecule has 2 heterocycles. The van der Waals surface area contributed by atoms with E-state index in [0.29, 0.717) is 19.3 Å². The van der Waals surface area contributed by atoms with Crippen LogP contribution in [0.4, 0.5) is 0 Å². The van der Waals surface area contributed by atoms with Gasteiger partial charge in [0, 0.05) is 6.42 Å². The Hall–Kier alpha value is -1.79. The fourth-order valence-corrected chi connectivity index (χ4v) is 10.1. The van der Waals surface area contributed by atoms with E-state index in [0.717, 1.165) is 64.2 Å². The van der Waals surface area contributed by atoms with Crippen LogP contribution in [0.5, 0.6) is 0 Å². The first-order valence-corrected chi connectivity index (χ1v) is 30.7. The first-order valence-electron chi connectivity index (χ1n) is 30.7. The zero-order chi connectivity index (χ0) is 54.6. The summed E-state index contributed by atoms with van der Waals surface area (Å²) in [4.78, 5) is 13.3. The van der Waals surface area contributed by atoms with Crippen LogP contribution in [0.1, 0.15) is 251 Å². The summed E-state index contributed by atoms with van der Waals surface area (Å²) in [6, 6.07) is -0.833. The van der Waals surface area contributed by atoms with Crippen molar-refractivity contribution in [3.63, 3.8) is 0 Å². The minimum Gasteiger partial charge on any atom is -0.394 e. The SMILES string of the molecule is CCCCCCC/C=C\C/C=C\C/C=C\CCCCCCCCCCC(=O)NC(COC1OC(CO)C(OC2OC(CO)C(O)C(O)C2O)C(O)C1O)C(O)CCCCCCCCCCCCCCCCCCCC. The monoisotopic (exact) mass is 1070 g/mol. The van der Waals surface area contributed by atoms with Crippen LogP contribution in [0.15, 0.2) is 36.5 Å². The minimum absolute atomic E-state index is 0.212. The van der Waals surface area contributed by atoms with E-state index in [1.54, 1.807) is 0 Å². The van der Waals surface area contributed by atoms with Crippen molar-refractivity contribution in [3.05, 3.63) is 36.5 Å². The minimum atomic E-state index is -1.78. The smallest absolute Gasteiger partial charge is 0.220 e. The highest BCUT2D eigenvalue weighted by Gasteiger charge is 2.51. The van der Waals surface area contributed by atoms with Crippen molar-refractivity contribution < 1.29 is 64.6 Å². The van der Waals surface area contributed by atoms with Gasteiger partial charge in [0.2, 0.25) is 5.91 Å². The van der Waals surface area contributed by atoms with E-state index < -0.39 is 86.8 Å². The lowest BCUT2D eigenvalue weighted by atomic mass is 9.97. The highest BCUT2D eigenvalue weighted by Crippen LogP contribution is 2.30. The maximum absolute atomic E-state index is 13.3. The molecule has 0 aromatic rings. The van der Waals surface area contributed by atoms with Gasteiger partial charge in [0.05, 0.1) is 32.0 Å². The number of aliphatic hydroxyl groups excluding tert-OH is 8. The lowest BCUT2D eigenvalue weighted by Crippen LogP contribution is -2.65. The van der Waals surface area contributed by atoms with Crippen molar-refractivity contribution in [3.8, 4) is 0 Å². The maximum atomic E-state index is 13.3. The summed E-state index contributed by atoms with van der Waals surface area (Å²) in [6.45, 7) is 2.86. The molecule has 14 nitrogen and oxygen atoms in total. The molecule has 0 radical (unpaired) electrons. The first kappa shape index (κ1) is 69.3. The molecule has 2 aliphatic heterocycles. The van der Waals surface area contributed by atoms with Gasteiger partial charge in [-0.1, -0.05) is 230 Å². The van der Waals surface area contributed by atoms with Crippen LogP contribution in [-0.4, -0.2) is 140 Å². The van der Waals surface area contributed by atoms with E-state index in [4.69, 9.17) is 18.9 Å². The van der Waals surface area contributed by atoms with Crippen molar-refractivity contribution in [2.75, 3.05) is 19.8 Å². The van der Waals surface area contributed by atoms with E-state index in [9.17, 15) is 45.6 Å². The number of hydrogen-bond donors (Lipinski definition) is 9. The predicted molar refractivity (Wildman–Crippen MR) is 300 cm³/mol. The molecule has 75 heavy (non-hydrogen) atoms. The Kier molecular flexibility index (Phi) is 43.5. The van der Waals surface area contributed by atoms with Gasteiger partial charge in [0.25, 0.3) is 0 Å². The first-order chi connectivity index (χ1) is 36.6. The number of carbonyl (C=O) groups is 1. The Morgan fingerprint density at radius 2 is 0.880 bits per heavy atom. The summed E-state index contributed by atoms with van der Waals surface area (Å²) in [6.07, 6.45) is 39.9. The van der Waals surface area contributed by atoms with Crippen LogP contribution in [-0.2, 0) is 23.7 Å². The van der Waals surface area contributed by atoms with Gasteiger partial charge < -0.3 is 65.1 Å². The second-order valence-corrected chi connectivity index (χ2v) is 21.8. The largest absolute Gasteiger partial charge is 0.394 e. The molecule has 0 spiro atoms. The molecule has 1 amide bonds. The average molecular weight is 1070 g/mol. The number of nitrogens with one attached hydrogen (secondary N) is 1. The van der Waals surface area contributed by atoms with Gasteiger partial charge in [0.15, 0.2) is 12.6 Å². The van der Waals surface area contributed by atoms with E-state index in [1.807, 2.05) is 0 Å². The van der Waals surface area contributed by atoms with E-state index in [2.05, 4.69) is 55.6 Å². The molecule has 0 aromatic carbocycles. The van der Waals surface area contributed by atoms with Crippen molar-refractivity contribution >= 4 is 5.91 Å². The Morgan fingerprint density at radius 1 is 0.480 bits per heavy atom. The lowest BCUT2D eigenvalue weighted by molar-refractivity contribution is -0.359. The number of allylic oxidation sites excluding steroid dienone is 6. The van der Waals surface area contributed by atoms with Gasteiger partial charge in [-0.2, -0.15) is 0 Å². The number of carbonyl (C=O) groups excluding carboxylic acids is 1. The molecule has 0 aliphatic carbocycles. The summed E-state index contributed by atoms with van der Waals surface area (Å²) in [5, 5.41) is 87.3. The van der Waals surface area contributed by atoms with Crippen molar-refractivity contribution in [1.29, 1.82) is 0 Å². The zero-order valence-corrected chi connectivity index (χ0v) is 47.3. The summed E-state index contributed by atoms with van der Waals surface area (Å²) in [5.74, 6) is -0.212. The number of amides is 1. The van der Waals surface area contributed by atoms with Crippen LogP contribution in [0.25, 0.3) is 0 Å². The quantitative estimate of drug-likeness (QED) is 0.0204.